The van der Waals surface area contributed by atoms with Gasteiger partial charge < -0.3 is 18.9 Å². The van der Waals surface area contributed by atoms with Gasteiger partial charge in [-0.05, 0) is 60.9 Å². The van der Waals surface area contributed by atoms with Gasteiger partial charge in [0, 0.05) is 27.7 Å². The molecule has 0 saturated carbocycles. The number of furan rings is 1. The van der Waals surface area contributed by atoms with E-state index in [4.69, 9.17) is 25.2 Å². The first kappa shape index (κ1) is 22.4. The molecule has 1 N–H and O–H groups in total. The van der Waals surface area contributed by atoms with Crippen molar-refractivity contribution in [2.45, 2.75) is 26.9 Å². The molecule has 8 heteroatoms. The lowest BCUT2D eigenvalue weighted by atomic mass is 10.1. The molecule has 0 aliphatic heterocycles. The number of hydrogen-bond donors (Lipinski definition) is 1. The van der Waals surface area contributed by atoms with Gasteiger partial charge in [-0.1, -0.05) is 24.6 Å². The standard InChI is InChI=1S/C25H20ClNO6/c1-3-15-10-22-18(12-19(15)26)17(11-23(28)33-22)13-32-25(30)16-7-6-14(2)20(9-16)27-24(29)21-5-4-8-31-21/h4-12H,3,13H2,1-2H3,(H,27,29). The third-order valence-electron chi connectivity index (χ3n) is 5.20. The molecule has 2 aromatic heterocycles. The molecule has 0 spiro atoms. The quantitative estimate of drug-likeness (QED) is 0.297. The Hall–Kier alpha value is -3.84. The molecule has 0 radical (unpaired) electrons. The van der Waals surface area contributed by atoms with E-state index in [1.54, 1.807) is 43.3 Å². The molecule has 2 heterocycles. The maximum atomic E-state index is 12.7. The fourth-order valence-corrected chi connectivity index (χ4v) is 3.68. The molecule has 168 valence electrons. The summed E-state index contributed by atoms with van der Waals surface area (Å²) < 4.78 is 15.8. The monoisotopic (exact) mass is 465 g/mol. The van der Waals surface area contributed by atoms with Gasteiger partial charge >= 0.3 is 11.6 Å². The van der Waals surface area contributed by atoms with Gasteiger partial charge in [0.15, 0.2) is 5.76 Å². The summed E-state index contributed by atoms with van der Waals surface area (Å²) in [6.07, 6.45) is 2.09. The third-order valence-corrected chi connectivity index (χ3v) is 5.56. The topological polar surface area (TPSA) is 98.7 Å². The van der Waals surface area contributed by atoms with E-state index in [1.807, 2.05) is 6.92 Å². The van der Waals surface area contributed by atoms with Crippen molar-refractivity contribution >= 4 is 40.1 Å². The van der Waals surface area contributed by atoms with Gasteiger partial charge in [0.05, 0.1) is 11.8 Å². The van der Waals surface area contributed by atoms with Gasteiger partial charge in [-0.3, -0.25) is 4.79 Å². The molecule has 4 aromatic rings. The van der Waals surface area contributed by atoms with E-state index in [2.05, 4.69) is 5.32 Å². The van der Waals surface area contributed by atoms with E-state index in [0.29, 0.717) is 33.7 Å². The van der Waals surface area contributed by atoms with Crippen LogP contribution in [0.25, 0.3) is 11.0 Å². The van der Waals surface area contributed by atoms with Crippen molar-refractivity contribution in [3.8, 4) is 0 Å². The number of halogens is 1. The summed E-state index contributed by atoms with van der Waals surface area (Å²) in [4.78, 5) is 37.0. The maximum absolute atomic E-state index is 12.7. The van der Waals surface area contributed by atoms with Gasteiger partial charge in [-0.2, -0.15) is 0 Å². The summed E-state index contributed by atoms with van der Waals surface area (Å²) in [5.74, 6) is -0.886. The first-order valence-electron chi connectivity index (χ1n) is 10.2. The van der Waals surface area contributed by atoms with Crippen molar-refractivity contribution in [3.63, 3.8) is 0 Å². The van der Waals surface area contributed by atoms with E-state index in [-0.39, 0.29) is 17.9 Å². The van der Waals surface area contributed by atoms with Crippen molar-refractivity contribution in [3.05, 3.63) is 98.3 Å². The van der Waals surface area contributed by atoms with Crippen LogP contribution in [-0.4, -0.2) is 11.9 Å². The van der Waals surface area contributed by atoms with Crippen molar-refractivity contribution in [2.24, 2.45) is 0 Å². The summed E-state index contributed by atoms with van der Waals surface area (Å²) in [7, 11) is 0. The minimum atomic E-state index is -0.610. The van der Waals surface area contributed by atoms with Crippen LogP contribution in [0.4, 0.5) is 5.69 Å². The largest absolute Gasteiger partial charge is 0.459 e. The minimum Gasteiger partial charge on any atom is -0.459 e. The molecule has 2 aromatic carbocycles. The minimum absolute atomic E-state index is 0.148. The molecule has 0 saturated heterocycles. The molecule has 0 unspecified atom stereocenters. The number of nitrogens with one attached hydrogen (secondary N) is 1. The molecule has 0 fully saturated rings. The molecular weight excluding hydrogens is 446 g/mol. The third kappa shape index (κ3) is 4.83. The normalized spacial score (nSPS) is 10.9. The number of rotatable bonds is 6. The Morgan fingerprint density at radius 1 is 1.09 bits per heavy atom. The number of benzene rings is 2. The van der Waals surface area contributed by atoms with E-state index in [9.17, 15) is 14.4 Å². The number of esters is 1. The van der Waals surface area contributed by atoms with Crippen LogP contribution in [0.15, 0.2) is 68.4 Å². The second kappa shape index (κ2) is 9.34. The van der Waals surface area contributed by atoms with Crippen molar-refractivity contribution in [2.75, 3.05) is 5.32 Å². The zero-order chi connectivity index (χ0) is 23.5. The summed E-state index contributed by atoms with van der Waals surface area (Å²) >= 11 is 6.32. The number of aryl methyl sites for hydroxylation is 2. The highest BCUT2D eigenvalue weighted by atomic mass is 35.5. The lowest BCUT2D eigenvalue weighted by Crippen LogP contribution is -2.13. The Bertz CT molecular complexity index is 1400. The fraction of sp³-hybridized carbons (Fsp3) is 0.160. The number of anilines is 1. The molecular formula is C25H20ClNO6. The highest BCUT2D eigenvalue weighted by molar-refractivity contribution is 6.32. The molecule has 0 atom stereocenters. The Morgan fingerprint density at radius 3 is 2.64 bits per heavy atom. The van der Waals surface area contributed by atoms with Crippen molar-refractivity contribution < 1.29 is 23.2 Å². The average Bonchev–Trinajstić information content (AvgIpc) is 3.34. The van der Waals surface area contributed by atoms with Gasteiger partial charge in [0.25, 0.3) is 5.91 Å². The first-order chi connectivity index (χ1) is 15.9. The van der Waals surface area contributed by atoms with Crippen LogP contribution >= 0.6 is 11.6 Å². The lowest BCUT2D eigenvalue weighted by molar-refractivity contribution is 0.0473. The molecule has 33 heavy (non-hydrogen) atoms. The maximum Gasteiger partial charge on any atom is 0.338 e. The SMILES string of the molecule is CCc1cc2oc(=O)cc(COC(=O)c3ccc(C)c(NC(=O)c4ccco4)c3)c2cc1Cl. The molecule has 0 bridgehead atoms. The number of carbonyl (C=O) groups is 2. The van der Waals surface area contributed by atoms with Gasteiger partial charge in [0.1, 0.15) is 12.2 Å². The highest BCUT2D eigenvalue weighted by Gasteiger charge is 2.16. The van der Waals surface area contributed by atoms with Crippen LogP contribution in [0.5, 0.6) is 0 Å². The van der Waals surface area contributed by atoms with E-state index in [0.717, 1.165) is 11.1 Å². The first-order valence-corrected chi connectivity index (χ1v) is 10.6. The zero-order valence-corrected chi connectivity index (χ0v) is 18.7. The van der Waals surface area contributed by atoms with Crippen LogP contribution in [-0.2, 0) is 17.8 Å². The zero-order valence-electron chi connectivity index (χ0n) is 17.9. The summed E-state index contributed by atoms with van der Waals surface area (Å²) in [5.41, 5.74) is 2.64. The molecule has 0 aliphatic rings. The number of carbonyl (C=O) groups excluding carboxylic acids is 2. The number of fused-ring (bicyclic) bond motifs is 1. The molecule has 7 nitrogen and oxygen atoms in total. The fourth-order valence-electron chi connectivity index (χ4n) is 3.38. The van der Waals surface area contributed by atoms with E-state index < -0.39 is 17.5 Å². The second-order valence-electron chi connectivity index (χ2n) is 7.42. The molecule has 4 rings (SSSR count). The smallest absolute Gasteiger partial charge is 0.338 e. The Morgan fingerprint density at radius 2 is 1.91 bits per heavy atom. The predicted molar refractivity (Wildman–Crippen MR) is 124 cm³/mol. The van der Waals surface area contributed by atoms with Crippen LogP contribution < -0.4 is 10.9 Å². The highest BCUT2D eigenvalue weighted by Crippen LogP contribution is 2.27. The van der Waals surface area contributed by atoms with Gasteiger partial charge in [0.2, 0.25) is 0 Å². The van der Waals surface area contributed by atoms with Crippen LogP contribution in [0.3, 0.4) is 0 Å². The Labute approximate surface area is 193 Å². The predicted octanol–water partition coefficient (Wildman–Crippen LogP) is 5.52. The number of amides is 1. The van der Waals surface area contributed by atoms with Crippen molar-refractivity contribution in [1.29, 1.82) is 0 Å². The summed E-state index contributed by atoms with van der Waals surface area (Å²) in [6, 6.07) is 12.7. The van der Waals surface area contributed by atoms with E-state index in [1.165, 1.54) is 18.4 Å². The van der Waals surface area contributed by atoms with Crippen LogP contribution in [0, 0.1) is 6.92 Å². The van der Waals surface area contributed by atoms with Crippen LogP contribution in [0.2, 0.25) is 5.02 Å². The molecule has 1 amide bonds. The number of hydrogen-bond acceptors (Lipinski definition) is 6. The lowest BCUT2D eigenvalue weighted by Gasteiger charge is -2.11. The number of ether oxygens (including phenoxy) is 1. The van der Waals surface area contributed by atoms with Crippen LogP contribution in [0.1, 0.15) is 44.5 Å². The van der Waals surface area contributed by atoms with Gasteiger partial charge in [-0.25, -0.2) is 9.59 Å². The second-order valence-corrected chi connectivity index (χ2v) is 7.83. The summed E-state index contributed by atoms with van der Waals surface area (Å²) in [6.45, 7) is 3.60. The Balaban J connectivity index is 1.55. The van der Waals surface area contributed by atoms with Gasteiger partial charge in [-0.15, -0.1) is 0 Å². The van der Waals surface area contributed by atoms with E-state index >= 15 is 0 Å². The average molecular weight is 466 g/mol. The Kier molecular flexibility index (Phi) is 6.33. The molecule has 0 aliphatic carbocycles. The summed E-state index contributed by atoms with van der Waals surface area (Å²) in [5, 5.41) is 3.86. The van der Waals surface area contributed by atoms with Crippen molar-refractivity contribution in [1.82, 2.24) is 0 Å².